The first-order valence-corrected chi connectivity index (χ1v) is 10.5. The lowest BCUT2D eigenvalue weighted by molar-refractivity contribution is -0.109. The van der Waals surface area contributed by atoms with E-state index in [0.717, 1.165) is 19.3 Å². The summed E-state index contributed by atoms with van der Waals surface area (Å²) in [6.07, 6.45) is 10.9. The molecule has 2 aromatic heterocycles. The first-order chi connectivity index (χ1) is 15.1. The van der Waals surface area contributed by atoms with Crippen molar-refractivity contribution in [2.75, 3.05) is 11.4 Å². The molecule has 8 heteroatoms. The number of aliphatic hydroxyl groups is 1. The molecule has 2 N–H and O–H groups in total. The number of aryl methyl sites for hydroxylation is 2. The second-order valence-corrected chi connectivity index (χ2v) is 7.48. The third-order valence-electron chi connectivity index (χ3n) is 5.61. The summed E-state index contributed by atoms with van der Waals surface area (Å²) >= 11 is 0. The van der Waals surface area contributed by atoms with Gasteiger partial charge in [-0.3, -0.25) is 14.5 Å². The van der Waals surface area contributed by atoms with Gasteiger partial charge in [0.25, 0.3) is 0 Å². The van der Waals surface area contributed by atoms with E-state index in [-0.39, 0.29) is 6.61 Å². The molecule has 0 atom stereocenters. The van der Waals surface area contributed by atoms with E-state index in [1.165, 1.54) is 34.7 Å². The Bertz CT molecular complexity index is 993. The molecule has 1 aliphatic rings. The van der Waals surface area contributed by atoms with Crippen LogP contribution in [0.3, 0.4) is 0 Å². The number of aliphatic hydroxyl groups excluding tert-OH is 1. The summed E-state index contributed by atoms with van der Waals surface area (Å²) in [5.74, 6) is 0.386. The maximum Gasteiger partial charge on any atom is 0.227 e. The highest BCUT2D eigenvalue weighted by molar-refractivity contribution is 6.10. The van der Waals surface area contributed by atoms with Crippen LogP contribution in [0.5, 0.6) is 0 Å². The lowest BCUT2D eigenvalue weighted by atomic mass is 9.98. The van der Waals surface area contributed by atoms with Gasteiger partial charge in [-0.25, -0.2) is 10.4 Å². The van der Waals surface area contributed by atoms with Crippen molar-refractivity contribution in [3.05, 3.63) is 58.6 Å². The monoisotopic (exact) mass is 423 g/mol. The van der Waals surface area contributed by atoms with Crippen LogP contribution in [-0.4, -0.2) is 39.7 Å². The van der Waals surface area contributed by atoms with Gasteiger partial charge in [-0.05, 0) is 63.3 Å². The van der Waals surface area contributed by atoms with Gasteiger partial charge in [-0.1, -0.05) is 6.08 Å². The number of nitrogens with one attached hydrogen (secondary N) is 1. The second-order valence-electron chi connectivity index (χ2n) is 7.48. The maximum absolute atomic E-state index is 12.0. The number of amides is 2. The van der Waals surface area contributed by atoms with Crippen LogP contribution in [0.1, 0.15) is 47.8 Å². The van der Waals surface area contributed by atoms with Crippen LogP contribution in [0.15, 0.2) is 35.6 Å². The molecule has 0 radical (unpaired) electrons. The quantitative estimate of drug-likeness (QED) is 0.348. The van der Waals surface area contributed by atoms with Crippen LogP contribution in [0.4, 0.5) is 5.82 Å². The predicted octanol–water partition coefficient (Wildman–Crippen LogP) is 2.25. The number of rotatable bonds is 10. The number of carbonyl (C=O) groups excluding carboxylic acids is 2. The summed E-state index contributed by atoms with van der Waals surface area (Å²) in [6.45, 7) is 4.69. The molecule has 0 aliphatic heterocycles. The molecule has 2 amide bonds. The maximum atomic E-state index is 12.0. The summed E-state index contributed by atoms with van der Waals surface area (Å²) in [7, 11) is 0. The Labute approximate surface area is 182 Å². The predicted molar refractivity (Wildman–Crippen MR) is 120 cm³/mol. The molecule has 0 fully saturated rings. The number of aromatic nitrogens is 2. The molecular formula is C23H29N5O3. The van der Waals surface area contributed by atoms with Gasteiger partial charge in [0.2, 0.25) is 12.8 Å². The van der Waals surface area contributed by atoms with Crippen molar-refractivity contribution < 1.29 is 14.7 Å². The summed E-state index contributed by atoms with van der Waals surface area (Å²) < 4.78 is 2.29. The standard InChI is InChI=1S/C23H29N5O3/c1-3-6-21(26-25-15-30)19-9-10-24-23(20(19)14-29)27(16-31)11-12-28-17(2)13-18-7-4-5-8-22(18)28/h3,6,9-10,13,15-16,29H,4-5,7-8,11-12,14H2,1-2H3,(H,25,30)/b6-3-,26-21+. The molecule has 0 bridgehead atoms. The average molecular weight is 424 g/mol. The lowest BCUT2D eigenvalue weighted by Gasteiger charge is -2.23. The van der Waals surface area contributed by atoms with Crippen molar-refractivity contribution in [2.45, 2.75) is 52.7 Å². The number of hydrogen-bond acceptors (Lipinski definition) is 5. The van der Waals surface area contributed by atoms with Gasteiger partial charge < -0.3 is 9.67 Å². The van der Waals surface area contributed by atoms with Gasteiger partial charge in [0.05, 0.1) is 12.3 Å². The highest BCUT2D eigenvalue weighted by Gasteiger charge is 2.20. The topological polar surface area (TPSA) is 99.8 Å². The first-order valence-electron chi connectivity index (χ1n) is 10.5. The molecule has 0 saturated heterocycles. The number of hydrazone groups is 1. The van der Waals surface area contributed by atoms with Gasteiger partial charge in [0.15, 0.2) is 0 Å². The Balaban J connectivity index is 1.91. The van der Waals surface area contributed by atoms with Crippen molar-refractivity contribution in [3.63, 3.8) is 0 Å². The fraction of sp³-hybridized carbons (Fsp3) is 0.391. The Morgan fingerprint density at radius 2 is 2.16 bits per heavy atom. The number of carbonyl (C=O) groups is 2. The number of nitrogens with zero attached hydrogens (tertiary/aromatic N) is 4. The minimum atomic E-state index is -0.321. The van der Waals surface area contributed by atoms with E-state index in [9.17, 15) is 14.7 Å². The molecule has 164 valence electrons. The van der Waals surface area contributed by atoms with Crippen molar-refractivity contribution in [2.24, 2.45) is 5.10 Å². The van der Waals surface area contributed by atoms with E-state index in [1.807, 2.05) is 6.92 Å². The molecule has 0 spiro atoms. The first kappa shape index (κ1) is 22.4. The lowest BCUT2D eigenvalue weighted by Crippen LogP contribution is -2.29. The van der Waals surface area contributed by atoms with Gasteiger partial charge in [0, 0.05) is 41.8 Å². The molecule has 31 heavy (non-hydrogen) atoms. The summed E-state index contributed by atoms with van der Waals surface area (Å²) in [4.78, 5) is 28.6. The van der Waals surface area contributed by atoms with E-state index in [0.29, 0.717) is 42.2 Å². The zero-order valence-corrected chi connectivity index (χ0v) is 18.0. The molecule has 8 nitrogen and oxygen atoms in total. The van der Waals surface area contributed by atoms with Gasteiger partial charge in [-0.2, -0.15) is 5.10 Å². The Hall–Kier alpha value is -3.26. The molecule has 0 aromatic carbocycles. The number of hydrogen-bond donors (Lipinski definition) is 2. The minimum Gasteiger partial charge on any atom is -0.392 e. The zero-order chi connectivity index (χ0) is 22.2. The largest absolute Gasteiger partial charge is 0.392 e. The molecular weight excluding hydrogens is 394 g/mol. The highest BCUT2D eigenvalue weighted by Crippen LogP contribution is 2.26. The van der Waals surface area contributed by atoms with E-state index < -0.39 is 0 Å². The average Bonchev–Trinajstić information content (AvgIpc) is 3.12. The number of fused-ring (bicyclic) bond motifs is 1. The fourth-order valence-electron chi connectivity index (χ4n) is 4.21. The van der Waals surface area contributed by atoms with Gasteiger partial charge >= 0.3 is 0 Å². The Kier molecular flexibility index (Phi) is 7.72. The number of anilines is 1. The molecule has 0 unspecified atom stereocenters. The van der Waals surface area contributed by atoms with Gasteiger partial charge in [-0.15, -0.1) is 0 Å². The second kappa shape index (κ2) is 10.7. The summed E-state index contributed by atoms with van der Waals surface area (Å²) in [6, 6.07) is 3.95. The van der Waals surface area contributed by atoms with Crippen LogP contribution < -0.4 is 10.3 Å². The van der Waals surface area contributed by atoms with Crippen LogP contribution in [0, 0.1) is 6.92 Å². The van der Waals surface area contributed by atoms with Crippen molar-refractivity contribution in [3.8, 4) is 0 Å². The third-order valence-corrected chi connectivity index (χ3v) is 5.61. The fourth-order valence-corrected chi connectivity index (χ4v) is 4.21. The van der Waals surface area contributed by atoms with Crippen molar-refractivity contribution >= 4 is 24.3 Å². The van der Waals surface area contributed by atoms with Gasteiger partial charge in [0.1, 0.15) is 5.82 Å². The molecule has 2 heterocycles. The van der Waals surface area contributed by atoms with Crippen LogP contribution in [-0.2, 0) is 35.6 Å². The molecule has 1 aliphatic carbocycles. The van der Waals surface area contributed by atoms with Crippen LogP contribution in [0.2, 0.25) is 0 Å². The summed E-state index contributed by atoms with van der Waals surface area (Å²) in [5.41, 5.74) is 7.80. The zero-order valence-electron chi connectivity index (χ0n) is 18.0. The SMILES string of the molecule is C/C=C\C(=N/NC=O)c1ccnc(N(C=O)CCn2c(C)cc3c2CCCC3)c1CO. The van der Waals surface area contributed by atoms with Crippen LogP contribution in [0.25, 0.3) is 0 Å². The van der Waals surface area contributed by atoms with E-state index in [1.54, 1.807) is 24.4 Å². The Morgan fingerprint density at radius 1 is 1.35 bits per heavy atom. The van der Waals surface area contributed by atoms with E-state index >= 15 is 0 Å². The smallest absolute Gasteiger partial charge is 0.227 e. The molecule has 2 aromatic rings. The van der Waals surface area contributed by atoms with Crippen molar-refractivity contribution in [1.82, 2.24) is 15.0 Å². The van der Waals surface area contributed by atoms with E-state index in [4.69, 9.17) is 0 Å². The summed E-state index contributed by atoms with van der Waals surface area (Å²) in [5, 5.41) is 14.1. The number of allylic oxidation sites excluding steroid dienone is 2. The Morgan fingerprint density at radius 3 is 2.87 bits per heavy atom. The van der Waals surface area contributed by atoms with Crippen LogP contribution >= 0.6 is 0 Å². The minimum absolute atomic E-state index is 0.321. The number of pyridine rings is 1. The van der Waals surface area contributed by atoms with E-state index in [2.05, 4.69) is 33.1 Å². The third kappa shape index (κ3) is 4.91. The normalized spacial score (nSPS) is 13.8. The highest BCUT2D eigenvalue weighted by atomic mass is 16.3. The van der Waals surface area contributed by atoms with Crippen molar-refractivity contribution in [1.29, 1.82) is 0 Å². The molecule has 0 saturated carbocycles. The molecule has 3 rings (SSSR count).